The molecular weight excluding hydrogens is 481 g/mol. The molecule has 2 aliphatic heterocycles. The van der Waals surface area contributed by atoms with Gasteiger partial charge in [0, 0.05) is 49.2 Å². The van der Waals surface area contributed by atoms with Crippen LogP contribution in [0.25, 0.3) is 10.9 Å². The van der Waals surface area contributed by atoms with Crippen LogP contribution < -0.4 is 9.80 Å². The minimum atomic E-state index is -3.86. The fourth-order valence-corrected chi connectivity index (χ4v) is 6.62. The van der Waals surface area contributed by atoms with Gasteiger partial charge in [-0.2, -0.15) is 0 Å². The van der Waals surface area contributed by atoms with Gasteiger partial charge >= 0.3 is 0 Å². The molecule has 0 amide bonds. The lowest BCUT2D eigenvalue weighted by atomic mass is 10.0. The first-order valence-electron chi connectivity index (χ1n) is 12.0. The molecule has 4 heterocycles. The summed E-state index contributed by atoms with van der Waals surface area (Å²) in [6.07, 6.45) is 0.476. The first-order chi connectivity index (χ1) is 17.4. The first-order valence-corrected chi connectivity index (χ1v) is 13.4. The molecule has 1 saturated heterocycles. The predicted octanol–water partition coefficient (Wildman–Crippen LogP) is 3.52. The number of hydrogen-bond acceptors (Lipinski definition) is 7. The average molecular weight is 508 g/mol. The van der Waals surface area contributed by atoms with E-state index in [1.807, 2.05) is 19.1 Å². The van der Waals surface area contributed by atoms with Crippen LogP contribution in [0.2, 0.25) is 0 Å². The summed E-state index contributed by atoms with van der Waals surface area (Å²) in [6.45, 7) is 5.80. The molecule has 4 aromatic rings. The highest BCUT2D eigenvalue weighted by Crippen LogP contribution is 2.35. The molecular formula is C26H26FN5O3S. The van der Waals surface area contributed by atoms with Crippen molar-refractivity contribution < 1.29 is 17.5 Å². The number of ether oxygens (including phenoxy) is 1. The molecule has 1 fully saturated rings. The zero-order chi connectivity index (χ0) is 24.9. The van der Waals surface area contributed by atoms with E-state index in [0.29, 0.717) is 55.1 Å². The molecule has 0 saturated carbocycles. The molecule has 0 unspecified atom stereocenters. The summed E-state index contributed by atoms with van der Waals surface area (Å²) in [6, 6.07) is 15.0. The summed E-state index contributed by atoms with van der Waals surface area (Å²) in [7, 11) is -3.86. The Morgan fingerprint density at radius 2 is 1.58 bits per heavy atom. The van der Waals surface area contributed by atoms with Gasteiger partial charge in [-0.3, -0.25) is 0 Å². The van der Waals surface area contributed by atoms with Gasteiger partial charge in [-0.15, -0.1) is 10.2 Å². The fraction of sp³-hybridized carbons (Fsp3) is 0.308. The van der Waals surface area contributed by atoms with E-state index in [4.69, 9.17) is 4.74 Å². The maximum atomic E-state index is 14.3. The van der Waals surface area contributed by atoms with E-state index in [-0.39, 0.29) is 4.90 Å². The summed E-state index contributed by atoms with van der Waals surface area (Å²) >= 11 is 0. The van der Waals surface area contributed by atoms with E-state index in [1.54, 1.807) is 30.3 Å². The predicted molar refractivity (Wildman–Crippen MR) is 135 cm³/mol. The number of benzene rings is 2. The minimum absolute atomic E-state index is 0.212. The van der Waals surface area contributed by atoms with Crippen molar-refractivity contribution in [2.24, 2.45) is 0 Å². The number of anilines is 2. The van der Waals surface area contributed by atoms with Gasteiger partial charge in [0.25, 0.3) is 10.0 Å². The Hall–Kier alpha value is -3.50. The summed E-state index contributed by atoms with van der Waals surface area (Å²) in [5, 5.41) is 9.47. The molecule has 6 rings (SSSR count). The van der Waals surface area contributed by atoms with Crippen molar-refractivity contribution in [3.05, 3.63) is 77.2 Å². The van der Waals surface area contributed by atoms with Gasteiger partial charge in [-0.05, 0) is 49.4 Å². The van der Waals surface area contributed by atoms with E-state index >= 15 is 0 Å². The van der Waals surface area contributed by atoms with Gasteiger partial charge in [-0.1, -0.05) is 17.7 Å². The number of rotatable bonds is 4. The number of nitrogens with zero attached hydrogens (tertiary/aromatic N) is 5. The zero-order valence-electron chi connectivity index (χ0n) is 19.9. The Bertz CT molecular complexity index is 1530. The molecule has 0 atom stereocenters. The van der Waals surface area contributed by atoms with Gasteiger partial charge in [0.1, 0.15) is 5.82 Å². The molecule has 36 heavy (non-hydrogen) atoms. The van der Waals surface area contributed by atoms with E-state index in [0.717, 1.165) is 30.0 Å². The SMILES string of the molecule is Cc1ccc(S(=O)(=O)n2c3c(c4cc(F)ccc42)CN(c2ccc(N4CCOCC4)nn2)CC3)cc1. The highest BCUT2D eigenvalue weighted by atomic mass is 32.2. The molecule has 0 bridgehead atoms. The van der Waals surface area contributed by atoms with E-state index in [9.17, 15) is 12.8 Å². The fourth-order valence-electron chi connectivity index (χ4n) is 5.02. The summed E-state index contributed by atoms with van der Waals surface area (Å²) in [4.78, 5) is 4.41. The van der Waals surface area contributed by atoms with Crippen molar-refractivity contribution in [2.75, 3.05) is 42.6 Å². The van der Waals surface area contributed by atoms with Crippen molar-refractivity contribution in [1.82, 2.24) is 14.2 Å². The van der Waals surface area contributed by atoms with Crippen molar-refractivity contribution >= 4 is 32.6 Å². The number of hydrogen-bond donors (Lipinski definition) is 0. The van der Waals surface area contributed by atoms with Crippen LogP contribution in [0.5, 0.6) is 0 Å². The van der Waals surface area contributed by atoms with Crippen LogP contribution in [0.1, 0.15) is 16.8 Å². The zero-order valence-corrected chi connectivity index (χ0v) is 20.7. The molecule has 8 nitrogen and oxygen atoms in total. The molecule has 10 heteroatoms. The number of halogens is 1. The third-order valence-electron chi connectivity index (χ3n) is 6.92. The molecule has 2 aromatic carbocycles. The molecule has 0 aliphatic carbocycles. The van der Waals surface area contributed by atoms with Gasteiger partial charge in [0.05, 0.1) is 23.6 Å². The Balaban J connectivity index is 1.38. The highest BCUT2D eigenvalue weighted by Gasteiger charge is 2.31. The van der Waals surface area contributed by atoms with Gasteiger partial charge in [0.2, 0.25) is 0 Å². The lowest BCUT2D eigenvalue weighted by molar-refractivity contribution is 0.122. The standard InChI is InChI=1S/C26H26FN5O3S/c1-18-2-5-20(6-3-18)36(33,34)32-23-7-4-19(27)16-21(23)22-17-31(11-10-24(22)32)26-9-8-25(28-29-26)30-12-14-35-15-13-30/h2-9,16H,10-15,17H2,1H3. The quantitative estimate of drug-likeness (QED) is 0.418. The number of aryl methyl sites for hydroxylation is 1. The lowest BCUT2D eigenvalue weighted by Crippen LogP contribution is -2.37. The summed E-state index contributed by atoms with van der Waals surface area (Å²) in [5.74, 6) is 1.11. The Morgan fingerprint density at radius 1 is 0.889 bits per heavy atom. The molecule has 0 N–H and O–H groups in total. The molecule has 0 spiro atoms. The second-order valence-electron chi connectivity index (χ2n) is 9.19. The topological polar surface area (TPSA) is 80.6 Å². The number of fused-ring (bicyclic) bond motifs is 3. The molecule has 0 radical (unpaired) electrons. The normalized spacial score (nSPS) is 16.4. The smallest absolute Gasteiger partial charge is 0.268 e. The Kier molecular flexibility index (Phi) is 5.65. The third kappa shape index (κ3) is 3.90. The highest BCUT2D eigenvalue weighted by molar-refractivity contribution is 7.90. The van der Waals surface area contributed by atoms with Crippen LogP contribution in [0, 0.1) is 12.7 Å². The van der Waals surface area contributed by atoms with Gasteiger partial charge < -0.3 is 14.5 Å². The van der Waals surface area contributed by atoms with E-state index < -0.39 is 15.8 Å². The van der Waals surface area contributed by atoms with Crippen LogP contribution in [0.4, 0.5) is 16.0 Å². The number of aromatic nitrogens is 3. The van der Waals surface area contributed by atoms with E-state index in [1.165, 1.54) is 16.1 Å². The minimum Gasteiger partial charge on any atom is -0.378 e. The Morgan fingerprint density at radius 3 is 2.28 bits per heavy atom. The third-order valence-corrected chi connectivity index (χ3v) is 8.68. The van der Waals surface area contributed by atoms with Crippen LogP contribution in [0.15, 0.2) is 59.5 Å². The second kappa shape index (κ2) is 8.86. The van der Waals surface area contributed by atoms with Gasteiger partial charge in [0.15, 0.2) is 11.6 Å². The number of morpholine rings is 1. The largest absolute Gasteiger partial charge is 0.378 e. The van der Waals surface area contributed by atoms with Gasteiger partial charge in [-0.25, -0.2) is 16.8 Å². The average Bonchev–Trinajstić information content (AvgIpc) is 3.23. The summed E-state index contributed by atoms with van der Waals surface area (Å²) < 4.78 is 48.6. The van der Waals surface area contributed by atoms with Crippen molar-refractivity contribution in [3.8, 4) is 0 Å². The molecule has 2 aliphatic rings. The molecule has 186 valence electrons. The van der Waals surface area contributed by atoms with Crippen molar-refractivity contribution in [1.29, 1.82) is 0 Å². The van der Waals surface area contributed by atoms with Crippen LogP contribution in [-0.4, -0.2) is 55.4 Å². The molecule has 2 aromatic heterocycles. The first kappa shape index (κ1) is 22.9. The Labute approximate surface area is 209 Å². The monoisotopic (exact) mass is 507 g/mol. The van der Waals surface area contributed by atoms with Crippen LogP contribution in [0.3, 0.4) is 0 Å². The van der Waals surface area contributed by atoms with E-state index in [2.05, 4.69) is 20.0 Å². The summed E-state index contributed by atoms with van der Waals surface area (Å²) in [5.41, 5.74) is 2.94. The second-order valence-corrected chi connectivity index (χ2v) is 11.0. The maximum absolute atomic E-state index is 14.3. The van der Waals surface area contributed by atoms with Crippen molar-refractivity contribution in [3.63, 3.8) is 0 Å². The van der Waals surface area contributed by atoms with Crippen LogP contribution in [-0.2, 0) is 27.7 Å². The maximum Gasteiger partial charge on any atom is 0.268 e. The van der Waals surface area contributed by atoms with Crippen molar-refractivity contribution in [2.45, 2.75) is 24.8 Å². The van der Waals surface area contributed by atoms with Crippen LogP contribution >= 0.6 is 0 Å². The lowest BCUT2D eigenvalue weighted by Gasteiger charge is -2.30.